The van der Waals surface area contributed by atoms with Crippen LogP contribution < -0.4 is 0 Å². The van der Waals surface area contributed by atoms with Crippen molar-refractivity contribution in [3.8, 4) is 0 Å². The molecular weight excluding hydrogens is 270 g/mol. The van der Waals surface area contributed by atoms with Crippen molar-refractivity contribution in [2.24, 2.45) is 5.92 Å². The van der Waals surface area contributed by atoms with E-state index in [1.807, 2.05) is 9.80 Å². The number of carboxylic acids is 1. The van der Waals surface area contributed by atoms with E-state index in [9.17, 15) is 9.59 Å². The van der Waals surface area contributed by atoms with Gasteiger partial charge in [-0.25, -0.2) is 4.79 Å². The van der Waals surface area contributed by atoms with Gasteiger partial charge in [0.05, 0.1) is 0 Å². The summed E-state index contributed by atoms with van der Waals surface area (Å²) in [5, 5.41) is 8.92. The molecule has 0 saturated carbocycles. The molecule has 2 aliphatic heterocycles. The number of carboxylic acid groups (broad SMARTS) is 1. The molecular formula is C15H27N3O3. The molecule has 2 saturated heterocycles. The molecule has 0 aromatic rings. The van der Waals surface area contributed by atoms with Gasteiger partial charge in [-0.3, -0.25) is 4.79 Å². The third-order valence-corrected chi connectivity index (χ3v) is 4.65. The summed E-state index contributed by atoms with van der Waals surface area (Å²) >= 11 is 0. The van der Waals surface area contributed by atoms with Crippen LogP contribution in [0.3, 0.4) is 0 Å². The van der Waals surface area contributed by atoms with Crippen molar-refractivity contribution in [1.29, 1.82) is 0 Å². The van der Waals surface area contributed by atoms with Gasteiger partial charge in [-0.15, -0.1) is 0 Å². The fourth-order valence-electron chi connectivity index (χ4n) is 3.40. The van der Waals surface area contributed by atoms with Crippen molar-refractivity contribution < 1.29 is 14.7 Å². The Hall–Kier alpha value is -1.30. The van der Waals surface area contributed by atoms with Gasteiger partial charge in [-0.05, 0) is 45.7 Å². The number of hydrogen-bond donors (Lipinski definition) is 1. The lowest BCUT2D eigenvalue weighted by molar-refractivity contribution is -0.138. The summed E-state index contributed by atoms with van der Waals surface area (Å²) in [6.07, 6.45) is 4.18. The minimum atomic E-state index is -0.764. The number of aliphatic carboxylic acids is 1. The van der Waals surface area contributed by atoms with E-state index in [4.69, 9.17) is 5.11 Å². The minimum absolute atomic E-state index is 0.0941. The molecule has 2 atom stereocenters. The standard InChI is InChI=1S/C15H27N3O3/c1-16(2)13-6-4-8-18(11-13)15(21)17-7-3-5-12(10-17)9-14(19)20/h12-13H,3-11H2,1-2H3,(H,19,20). The van der Waals surface area contributed by atoms with E-state index in [-0.39, 0.29) is 18.4 Å². The van der Waals surface area contributed by atoms with Gasteiger partial charge in [0.1, 0.15) is 0 Å². The molecule has 2 unspecified atom stereocenters. The Morgan fingerprint density at radius 2 is 1.71 bits per heavy atom. The molecule has 2 aliphatic rings. The quantitative estimate of drug-likeness (QED) is 0.853. The van der Waals surface area contributed by atoms with Crippen LogP contribution in [0.25, 0.3) is 0 Å². The van der Waals surface area contributed by atoms with Crippen LogP contribution in [0.2, 0.25) is 0 Å². The van der Waals surface area contributed by atoms with Gasteiger partial charge in [-0.1, -0.05) is 0 Å². The van der Waals surface area contributed by atoms with Crippen LogP contribution in [0.15, 0.2) is 0 Å². The third-order valence-electron chi connectivity index (χ3n) is 4.65. The van der Waals surface area contributed by atoms with Crippen molar-refractivity contribution in [1.82, 2.24) is 14.7 Å². The molecule has 2 rings (SSSR count). The Kier molecular flexibility index (Phi) is 5.45. The first-order chi connectivity index (χ1) is 9.97. The number of urea groups is 1. The molecule has 0 spiro atoms. The average Bonchev–Trinajstić information content (AvgIpc) is 2.46. The van der Waals surface area contributed by atoms with Crippen LogP contribution in [0.5, 0.6) is 0 Å². The number of hydrogen-bond acceptors (Lipinski definition) is 3. The number of likely N-dealkylation sites (N-methyl/N-ethyl adjacent to an activating group) is 1. The second kappa shape index (κ2) is 7.11. The minimum Gasteiger partial charge on any atom is -0.481 e. The second-order valence-corrected chi connectivity index (χ2v) is 6.54. The van der Waals surface area contributed by atoms with Gasteiger partial charge >= 0.3 is 12.0 Å². The lowest BCUT2D eigenvalue weighted by Gasteiger charge is -2.40. The zero-order valence-corrected chi connectivity index (χ0v) is 13.1. The Labute approximate surface area is 126 Å². The molecule has 6 nitrogen and oxygen atoms in total. The van der Waals surface area contributed by atoms with Gasteiger partial charge in [-0.2, -0.15) is 0 Å². The topological polar surface area (TPSA) is 64.1 Å². The molecule has 0 aromatic carbocycles. The van der Waals surface area contributed by atoms with Crippen molar-refractivity contribution in [2.45, 2.75) is 38.1 Å². The number of nitrogens with zero attached hydrogens (tertiary/aromatic N) is 3. The summed E-state index contributed by atoms with van der Waals surface area (Å²) in [7, 11) is 4.12. The number of rotatable bonds is 3. The second-order valence-electron chi connectivity index (χ2n) is 6.54. The molecule has 1 N–H and O–H groups in total. The van der Waals surface area contributed by atoms with Gasteiger partial charge in [0.25, 0.3) is 0 Å². The van der Waals surface area contributed by atoms with Crippen molar-refractivity contribution >= 4 is 12.0 Å². The normalized spacial score (nSPS) is 27.0. The van der Waals surface area contributed by atoms with Crippen LogP contribution in [-0.4, -0.2) is 78.1 Å². The highest BCUT2D eigenvalue weighted by molar-refractivity contribution is 5.75. The fraction of sp³-hybridized carbons (Fsp3) is 0.867. The van der Waals surface area contributed by atoms with E-state index >= 15 is 0 Å². The number of carbonyl (C=O) groups is 2. The Morgan fingerprint density at radius 1 is 1.10 bits per heavy atom. The van der Waals surface area contributed by atoms with Crippen molar-refractivity contribution in [3.63, 3.8) is 0 Å². The first kappa shape index (κ1) is 16.1. The van der Waals surface area contributed by atoms with Gasteiger partial charge in [0.2, 0.25) is 0 Å². The highest BCUT2D eigenvalue weighted by atomic mass is 16.4. The lowest BCUT2D eigenvalue weighted by Crippen LogP contribution is -2.53. The summed E-state index contributed by atoms with van der Waals surface area (Å²) in [6.45, 7) is 2.96. The Morgan fingerprint density at radius 3 is 2.33 bits per heavy atom. The molecule has 2 heterocycles. The molecule has 2 fully saturated rings. The summed E-state index contributed by atoms with van der Waals surface area (Å²) in [5.41, 5.74) is 0. The van der Waals surface area contributed by atoms with Gasteiger partial charge in [0, 0.05) is 38.6 Å². The number of amides is 2. The van der Waals surface area contributed by atoms with E-state index in [1.54, 1.807) is 0 Å². The summed E-state index contributed by atoms with van der Waals surface area (Å²) in [4.78, 5) is 29.5. The SMILES string of the molecule is CN(C)C1CCCN(C(=O)N2CCCC(CC(=O)O)C2)C1. The maximum Gasteiger partial charge on any atom is 0.320 e. The Bertz CT molecular complexity index is 386. The monoisotopic (exact) mass is 297 g/mol. The van der Waals surface area contributed by atoms with E-state index in [1.165, 1.54) is 0 Å². The zero-order valence-electron chi connectivity index (χ0n) is 13.1. The van der Waals surface area contributed by atoms with Crippen LogP contribution in [0, 0.1) is 5.92 Å². The third kappa shape index (κ3) is 4.33. The van der Waals surface area contributed by atoms with Crippen molar-refractivity contribution in [3.05, 3.63) is 0 Å². The lowest BCUT2D eigenvalue weighted by atomic mass is 9.95. The van der Waals surface area contributed by atoms with E-state index in [0.717, 1.165) is 45.3 Å². The number of piperidine rings is 2. The van der Waals surface area contributed by atoms with Gasteiger partial charge in [0.15, 0.2) is 0 Å². The van der Waals surface area contributed by atoms with E-state index in [0.29, 0.717) is 12.6 Å². The first-order valence-corrected chi connectivity index (χ1v) is 7.89. The summed E-state index contributed by atoms with van der Waals surface area (Å²) in [6, 6.07) is 0.527. The van der Waals surface area contributed by atoms with Crippen molar-refractivity contribution in [2.75, 3.05) is 40.3 Å². The molecule has 6 heteroatoms. The largest absolute Gasteiger partial charge is 0.481 e. The highest BCUT2D eigenvalue weighted by Crippen LogP contribution is 2.22. The van der Waals surface area contributed by atoms with Crippen LogP contribution >= 0.6 is 0 Å². The molecule has 120 valence electrons. The predicted octanol–water partition coefficient (Wildman–Crippen LogP) is 1.32. The smallest absolute Gasteiger partial charge is 0.320 e. The molecule has 0 aliphatic carbocycles. The summed E-state index contributed by atoms with van der Waals surface area (Å²) in [5.74, 6) is -0.658. The molecule has 0 aromatic heterocycles. The predicted molar refractivity (Wildman–Crippen MR) is 80.2 cm³/mol. The van der Waals surface area contributed by atoms with Crippen LogP contribution in [0.1, 0.15) is 32.1 Å². The van der Waals surface area contributed by atoms with Crippen LogP contribution in [-0.2, 0) is 4.79 Å². The molecule has 0 radical (unpaired) electrons. The molecule has 0 bridgehead atoms. The maximum atomic E-state index is 12.6. The molecule has 2 amide bonds. The number of likely N-dealkylation sites (tertiary alicyclic amines) is 2. The Balaban J connectivity index is 1.91. The van der Waals surface area contributed by atoms with Crippen LogP contribution in [0.4, 0.5) is 4.79 Å². The fourth-order valence-corrected chi connectivity index (χ4v) is 3.40. The zero-order chi connectivity index (χ0) is 15.4. The summed E-state index contributed by atoms with van der Waals surface area (Å²) < 4.78 is 0. The average molecular weight is 297 g/mol. The van der Waals surface area contributed by atoms with E-state index < -0.39 is 5.97 Å². The molecule has 21 heavy (non-hydrogen) atoms. The highest BCUT2D eigenvalue weighted by Gasteiger charge is 2.31. The maximum absolute atomic E-state index is 12.6. The number of carbonyl (C=O) groups excluding carboxylic acids is 1. The first-order valence-electron chi connectivity index (χ1n) is 7.89. The van der Waals surface area contributed by atoms with E-state index in [2.05, 4.69) is 19.0 Å². The van der Waals surface area contributed by atoms with Gasteiger partial charge < -0.3 is 19.8 Å².